The van der Waals surface area contributed by atoms with Gasteiger partial charge in [0.25, 0.3) is 0 Å². The van der Waals surface area contributed by atoms with Gasteiger partial charge in [0, 0.05) is 11.8 Å². The van der Waals surface area contributed by atoms with E-state index in [2.05, 4.69) is 98.5 Å². The molecule has 44 heavy (non-hydrogen) atoms. The first-order valence-electron chi connectivity index (χ1n) is 15.0. The fraction of sp³-hybridized carbons (Fsp3) is 0.531. The third-order valence-electron chi connectivity index (χ3n) is 8.03. The first kappa shape index (κ1) is 37.0. The summed E-state index contributed by atoms with van der Waals surface area (Å²) in [5, 5.41) is 13.2. The van der Waals surface area contributed by atoms with Gasteiger partial charge in [-0.3, -0.25) is 14.7 Å². The highest BCUT2D eigenvalue weighted by Crippen LogP contribution is 2.38. The number of aromatic amines is 1. The Balaban J connectivity index is 0.000000307. The molecule has 3 N–H and O–H groups in total. The van der Waals surface area contributed by atoms with E-state index >= 15 is 0 Å². The molecule has 0 unspecified atom stereocenters. The second-order valence-corrected chi connectivity index (χ2v) is 23.7. The number of pyridine rings is 2. The molecule has 0 radical (unpaired) electrons. The molecule has 0 aliphatic heterocycles. The van der Waals surface area contributed by atoms with Gasteiger partial charge in [-0.25, -0.2) is 9.97 Å². The number of hydrogen-bond donors (Lipinski definition) is 3. The number of aromatic nitrogens is 4. The van der Waals surface area contributed by atoms with Crippen molar-refractivity contribution in [3.63, 3.8) is 0 Å². The van der Waals surface area contributed by atoms with Crippen LogP contribution in [-0.2, 0) is 31.7 Å². The molecule has 0 spiro atoms. The summed E-state index contributed by atoms with van der Waals surface area (Å²) in [5.41, 5.74) is 2.72. The fourth-order valence-corrected chi connectivity index (χ4v) is 5.11. The molecule has 3 aromatic heterocycles. The summed E-state index contributed by atoms with van der Waals surface area (Å²) in [4.78, 5) is 31.5. The monoisotopic (exact) mass is 640 g/mol. The molecule has 0 saturated carbocycles. The van der Waals surface area contributed by atoms with E-state index < -0.39 is 16.6 Å². The van der Waals surface area contributed by atoms with Crippen molar-refractivity contribution in [2.75, 3.05) is 10.6 Å². The zero-order chi connectivity index (χ0) is 33.3. The molecular formula is C32H52N6O4Si2. The molecule has 0 saturated heterocycles. The summed E-state index contributed by atoms with van der Waals surface area (Å²) >= 11 is 0. The standard InChI is InChI=1S/C16H26N4OSi.C16H26N2O3Si/c1-12-10-15(20-19-12)18-14-9-7-8-13(17-14)11-21-22(5,6)16(2,3)4;1-12(19)10-15(20)18-14-9-7-8-13(17-14)11-21-22(5,6)16(2,3)4/h7-10H,11H2,1-6H3,(H2,17,18,19,20);7-9H,10-11H2,1-6H3,(H,17,18,20). The zero-order valence-electron chi connectivity index (χ0n) is 28.6. The van der Waals surface area contributed by atoms with Crippen LogP contribution in [0.4, 0.5) is 17.5 Å². The first-order valence-corrected chi connectivity index (χ1v) is 20.8. The topological polar surface area (TPSA) is 131 Å². The average Bonchev–Trinajstić information content (AvgIpc) is 3.29. The number of nitrogens with zero attached hydrogens (tertiary/aromatic N) is 3. The minimum atomic E-state index is -1.83. The number of anilines is 3. The van der Waals surface area contributed by atoms with Crippen LogP contribution < -0.4 is 10.6 Å². The summed E-state index contributed by atoms with van der Waals surface area (Å²) < 4.78 is 12.3. The fourth-order valence-electron chi connectivity index (χ4n) is 3.23. The second-order valence-electron chi connectivity index (χ2n) is 14.1. The highest BCUT2D eigenvalue weighted by molar-refractivity contribution is 6.74. The molecule has 3 rings (SSSR count). The second kappa shape index (κ2) is 15.2. The summed E-state index contributed by atoms with van der Waals surface area (Å²) in [6, 6.07) is 13.2. The van der Waals surface area contributed by atoms with Gasteiger partial charge in [0.2, 0.25) is 5.91 Å². The molecule has 0 aliphatic carbocycles. The van der Waals surface area contributed by atoms with Crippen LogP contribution >= 0.6 is 0 Å². The Morgan fingerprint density at radius 3 is 1.70 bits per heavy atom. The number of carbonyl (C=O) groups is 2. The molecule has 0 aromatic carbocycles. The molecule has 3 aromatic rings. The lowest BCUT2D eigenvalue weighted by Gasteiger charge is -2.36. The minimum absolute atomic E-state index is 0.133. The molecule has 242 valence electrons. The van der Waals surface area contributed by atoms with Crippen LogP contribution in [0.2, 0.25) is 36.3 Å². The predicted molar refractivity (Wildman–Crippen MR) is 183 cm³/mol. The van der Waals surface area contributed by atoms with Crippen LogP contribution in [0.3, 0.4) is 0 Å². The van der Waals surface area contributed by atoms with Gasteiger partial charge in [-0.2, -0.15) is 5.10 Å². The minimum Gasteiger partial charge on any atom is -0.411 e. The van der Waals surface area contributed by atoms with Gasteiger partial charge in [0.15, 0.2) is 22.5 Å². The van der Waals surface area contributed by atoms with E-state index in [1.54, 1.807) is 6.07 Å². The van der Waals surface area contributed by atoms with Crippen LogP contribution in [0.25, 0.3) is 0 Å². The Kier molecular flexibility index (Phi) is 12.8. The summed E-state index contributed by atoms with van der Waals surface area (Å²) in [6.07, 6.45) is -0.133. The molecule has 3 heterocycles. The van der Waals surface area contributed by atoms with E-state index in [1.165, 1.54) is 6.92 Å². The number of amides is 1. The quantitative estimate of drug-likeness (QED) is 0.142. The Morgan fingerprint density at radius 2 is 1.27 bits per heavy atom. The number of carbonyl (C=O) groups excluding carboxylic acids is 2. The number of ketones is 1. The zero-order valence-corrected chi connectivity index (χ0v) is 30.6. The molecule has 12 heteroatoms. The highest BCUT2D eigenvalue weighted by Gasteiger charge is 2.38. The van der Waals surface area contributed by atoms with E-state index in [-0.39, 0.29) is 28.2 Å². The maximum Gasteiger partial charge on any atom is 0.232 e. The maximum atomic E-state index is 11.6. The van der Waals surface area contributed by atoms with Crippen molar-refractivity contribution in [2.45, 2.75) is 111 Å². The lowest BCUT2D eigenvalue weighted by molar-refractivity contribution is -0.124. The van der Waals surface area contributed by atoms with Gasteiger partial charge in [0.1, 0.15) is 17.4 Å². The van der Waals surface area contributed by atoms with Crippen LogP contribution in [0.1, 0.15) is 72.0 Å². The molecule has 0 aliphatic rings. The van der Waals surface area contributed by atoms with Crippen LogP contribution in [0.15, 0.2) is 42.5 Å². The Morgan fingerprint density at radius 1 is 0.795 bits per heavy atom. The lowest BCUT2D eigenvalue weighted by atomic mass is 10.2. The number of rotatable bonds is 11. The highest BCUT2D eigenvalue weighted by atomic mass is 28.4. The number of hydrogen-bond acceptors (Lipinski definition) is 8. The summed E-state index contributed by atoms with van der Waals surface area (Å²) in [5.74, 6) is 1.48. The molecule has 0 fully saturated rings. The summed E-state index contributed by atoms with van der Waals surface area (Å²) in [6.45, 7) is 26.5. The van der Waals surface area contributed by atoms with Crippen molar-refractivity contribution in [1.82, 2.24) is 20.2 Å². The predicted octanol–water partition coefficient (Wildman–Crippen LogP) is 7.90. The normalized spacial score (nSPS) is 12.3. The molecule has 1 amide bonds. The smallest absolute Gasteiger partial charge is 0.232 e. The maximum absolute atomic E-state index is 11.6. The molecule has 10 nitrogen and oxygen atoms in total. The van der Waals surface area contributed by atoms with Crippen molar-refractivity contribution >= 4 is 45.8 Å². The third kappa shape index (κ3) is 12.1. The van der Waals surface area contributed by atoms with E-state index in [9.17, 15) is 9.59 Å². The lowest BCUT2D eigenvalue weighted by Crippen LogP contribution is -2.40. The van der Waals surface area contributed by atoms with Crippen molar-refractivity contribution in [3.8, 4) is 0 Å². The molecule has 0 bridgehead atoms. The van der Waals surface area contributed by atoms with Gasteiger partial charge >= 0.3 is 0 Å². The van der Waals surface area contributed by atoms with Crippen molar-refractivity contribution < 1.29 is 18.4 Å². The van der Waals surface area contributed by atoms with Crippen molar-refractivity contribution in [2.24, 2.45) is 0 Å². The van der Waals surface area contributed by atoms with Gasteiger partial charge in [-0.05, 0) is 74.4 Å². The first-order chi connectivity index (χ1) is 20.2. The van der Waals surface area contributed by atoms with Crippen molar-refractivity contribution in [3.05, 3.63) is 59.5 Å². The van der Waals surface area contributed by atoms with Crippen LogP contribution in [0.5, 0.6) is 0 Å². The van der Waals surface area contributed by atoms with Gasteiger partial charge in [0.05, 0.1) is 31.0 Å². The van der Waals surface area contributed by atoms with Crippen LogP contribution in [0, 0.1) is 6.92 Å². The largest absolute Gasteiger partial charge is 0.411 e. The average molecular weight is 641 g/mol. The van der Waals surface area contributed by atoms with E-state index in [4.69, 9.17) is 8.85 Å². The number of nitrogens with one attached hydrogen (secondary N) is 3. The van der Waals surface area contributed by atoms with Gasteiger partial charge in [-0.1, -0.05) is 53.7 Å². The third-order valence-corrected chi connectivity index (χ3v) is 17.0. The van der Waals surface area contributed by atoms with Crippen LogP contribution in [-0.4, -0.2) is 48.5 Å². The Labute approximate surface area is 265 Å². The van der Waals surface area contributed by atoms with E-state index in [1.807, 2.05) is 43.3 Å². The molecular weight excluding hydrogens is 589 g/mol. The number of H-pyrrole nitrogens is 1. The van der Waals surface area contributed by atoms with E-state index in [0.717, 1.165) is 28.7 Å². The summed E-state index contributed by atoms with van der Waals surface area (Å²) in [7, 11) is -3.58. The van der Waals surface area contributed by atoms with Crippen molar-refractivity contribution in [1.29, 1.82) is 0 Å². The molecule has 0 atom stereocenters. The SMILES string of the molecule is CC(=O)CC(=O)Nc1cccc(CO[Si](C)(C)C(C)(C)C)n1.Cc1cc(Nc2cccc(CO[Si](C)(C)C(C)(C)C)n2)n[nH]1. The van der Waals surface area contributed by atoms with E-state index in [0.29, 0.717) is 19.0 Å². The number of Topliss-reactive ketones (excluding diaryl/α,β-unsaturated/α-hetero) is 1. The van der Waals surface area contributed by atoms with Gasteiger partial charge < -0.3 is 19.5 Å². The Hall–Kier alpha value is -3.20. The Bertz CT molecular complexity index is 1390. The van der Waals surface area contributed by atoms with Gasteiger partial charge in [-0.15, -0.1) is 0 Å². The number of aryl methyl sites for hydroxylation is 1.